The van der Waals surface area contributed by atoms with Crippen LogP contribution in [0.15, 0.2) is 12.1 Å². The van der Waals surface area contributed by atoms with Crippen molar-refractivity contribution in [3.8, 4) is 5.75 Å². The summed E-state index contributed by atoms with van der Waals surface area (Å²) < 4.78 is 0. The van der Waals surface area contributed by atoms with E-state index in [0.717, 1.165) is 24.8 Å². The molecule has 84 valence electrons. The van der Waals surface area contributed by atoms with Gasteiger partial charge in [0.25, 0.3) is 11.8 Å². The number of hydrogen-bond acceptors (Lipinski definition) is 3. The molecule has 0 fully saturated rings. The van der Waals surface area contributed by atoms with Crippen LogP contribution < -0.4 is 5.32 Å². The highest BCUT2D eigenvalue weighted by Gasteiger charge is 2.30. The number of aryl methyl sites for hydroxylation is 1. The van der Waals surface area contributed by atoms with Crippen molar-refractivity contribution in [1.82, 2.24) is 5.32 Å². The van der Waals surface area contributed by atoms with Gasteiger partial charge in [0.2, 0.25) is 0 Å². The molecule has 0 saturated heterocycles. The van der Waals surface area contributed by atoms with E-state index in [0.29, 0.717) is 0 Å². The monoisotopic (exact) mass is 219 g/mol. The minimum atomic E-state index is -0.504. The first-order chi connectivity index (χ1) is 7.65. The maximum absolute atomic E-state index is 11.4. The van der Waals surface area contributed by atoms with Gasteiger partial charge >= 0.3 is 0 Å². The lowest BCUT2D eigenvalue weighted by Gasteiger charge is -2.06. The maximum atomic E-state index is 11.4. The van der Waals surface area contributed by atoms with Gasteiger partial charge in [-0.1, -0.05) is 19.4 Å². The Bertz CT molecular complexity index is 466. The highest BCUT2D eigenvalue weighted by Crippen LogP contribution is 2.30. The number of carbonyl (C=O) groups is 2. The number of nitrogens with one attached hydrogen (secondary N) is 1. The number of phenols is 1. The SMILES string of the molecule is CCCCc1ccc2c(c1O)C(=O)NC2=O. The Morgan fingerprint density at radius 1 is 1.25 bits per heavy atom. The van der Waals surface area contributed by atoms with Crippen molar-refractivity contribution in [2.45, 2.75) is 26.2 Å². The van der Waals surface area contributed by atoms with Crippen LogP contribution in [0.1, 0.15) is 46.0 Å². The van der Waals surface area contributed by atoms with Gasteiger partial charge in [-0.2, -0.15) is 0 Å². The van der Waals surface area contributed by atoms with Crippen LogP contribution in [-0.4, -0.2) is 16.9 Å². The number of aromatic hydroxyl groups is 1. The Balaban J connectivity index is 2.44. The summed E-state index contributed by atoms with van der Waals surface area (Å²) in [5, 5.41) is 12.1. The number of carbonyl (C=O) groups excluding carboxylic acids is 2. The minimum Gasteiger partial charge on any atom is -0.507 e. The molecule has 0 saturated carbocycles. The van der Waals surface area contributed by atoms with Crippen LogP contribution in [0.4, 0.5) is 0 Å². The third-order valence-corrected chi connectivity index (χ3v) is 2.76. The largest absolute Gasteiger partial charge is 0.507 e. The van der Waals surface area contributed by atoms with Crippen molar-refractivity contribution in [1.29, 1.82) is 0 Å². The van der Waals surface area contributed by atoms with E-state index in [1.54, 1.807) is 12.1 Å². The molecule has 2 rings (SSSR count). The van der Waals surface area contributed by atoms with Crippen molar-refractivity contribution in [3.05, 3.63) is 28.8 Å². The minimum absolute atomic E-state index is 0.0469. The van der Waals surface area contributed by atoms with Crippen LogP contribution >= 0.6 is 0 Å². The Labute approximate surface area is 93.3 Å². The highest BCUT2D eigenvalue weighted by molar-refractivity contribution is 6.22. The summed E-state index contributed by atoms with van der Waals surface area (Å²) in [6, 6.07) is 3.31. The number of hydrogen-bond donors (Lipinski definition) is 2. The van der Waals surface area contributed by atoms with Gasteiger partial charge in [-0.3, -0.25) is 14.9 Å². The molecular weight excluding hydrogens is 206 g/mol. The second-order valence-electron chi connectivity index (χ2n) is 3.88. The molecule has 1 aliphatic heterocycles. The Morgan fingerprint density at radius 3 is 2.69 bits per heavy atom. The highest BCUT2D eigenvalue weighted by atomic mass is 16.3. The van der Waals surface area contributed by atoms with E-state index in [1.165, 1.54) is 0 Å². The van der Waals surface area contributed by atoms with Crippen LogP contribution in [-0.2, 0) is 6.42 Å². The molecule has 16 heavy (non-hydrogen) atoms. The molecule has 4 nitrogen and oxygen atoms in total. The predicted octanol–water partition coefficient (Wildman–Crippen LogP) is 1.62. The quantitative estimate of drug-likeness (QED) is 0.759. The number of phenolic OH excluding ortho intramolecular Hbond substituents is 1. The molecule has 0 spiro atoms. The zero-order valence-corrected chi connectivity index (χ0v) is 9.04. The summed E-state index contributed by atoms with van der Waals surface area (Å²) in [5.74, 6) is -0.984. The second-order valence-corrected chi connectivity index (χ2v) is 3.88. The molecule has 1 aromatic carbocycles. The molecule has 4 heteroatoms. The van der Waals surface area contributed by atoms with Crippen LogP contribution in [0.2, 0.25) is 0 Å². The lowest BCUT2D eigenvalue weighted by atomic mass is 10.0. The van der Waals surface area contributed by atoms with Crippen molar-refractivity contribution in [2.24, 2.45) is 0 Å². The fourth-order valence-electron chi connectivity index (χ4n) is 1.86. The third kappa shape index (κ3) is 1.56. The van der Waals surface area contributed by atoms with Crippen LogP contribution in [0, 0.1) is 0 Å². The second kappa shape index (κ2) is 3.96. The van der Waals surface area contributed by atoms with Gasteiger partial charge in [0.1, 0.15) is 5.75 Å². The van der Waals surface area contributed by atoms with Gasteiger partial charge in [0.05, 0.1) is 11.1 Å². The predicted molar refractivity (Wildman–Crippen MR) is 58.5 cm³/mol. The lowest BCUT2D eigenvalue weighted by Crippen LogP contribution is -2.19. The van der Waals surface area contributed by atoms with E-state index in [2.05, 4.69) is 12.2 Å². The molecule has 1 heterocycles. The van der Waals surface area contributed by atoms with Crippen LogP contribution in [0.5, 0.6) is 5.75 Å². The van der Waals surface area contributed by atoms with E-state index in [4.69, 9.17) is 0 Å². The fraction of sp³-hybridized carbons (Fsp3) is 0.333. The summed E-state index contributed by atoms with van der Waals surface area (Å²) in [6.07, 6.45) is 2.68. The maximum Gasteiger partial charge on any atom is 0.262 e. The van der Waals surface area contributed by atoms with Crippen molar-refractivity contribution in [3.63, 3.8) is 0 Å². The lowest BCUT2D eigenvalue weighted by molar-refractivity contribution is 0.0879. The van der Waals surface area contributed by atoms with E-state index < -0.39 is 11.8 Å². The summed E-state index contributed by atoms with van der Waals surface area (Å²) in [4.78, 5) is 22.7. The number of benzene rings is 1. The zero-order chi connectivity index (χ0) is 11.7. The molecule has 2 N–H and O–H groups in total. The van der Waals surface area contributed by atoms with Crippen molar-refractivity contribution >= 4 is 11.8 Å². The van der Waals surface area contributed by atoms with E-state index >= 15 is 0 Å². The molecule has 0 radical (unpaired) electrons. The van der Waals surface area contributed by atoms with Crippen LogP contribution in [0.3, 0.4) is 0 Å². The van der Waals surface area contributed by atoms with E-state index in [1.807, 2.05) is 0 Å². The number of rotatable bonds is 3. The van der Waals surface area contributed by atoms with Gasteiger partial charge in [0.15, 0.2) is 0 Å². The standard InChI is InChI=1S/C12H13NO3/c1-2-3-4-7-5-6-8-9(10(7)14)12(16)13-11(8)15/h5-6,14H,2-4H2,1H3,(H,13,15,16). The Hall–Kier alpha value is -1.84. The fourth-order valence-corrected chi connectivity index (χ4v) is 1.86. The average Bonchev–Trinajstić information content (AvgIpc) is 2.54. The van der Waals surface area contributed by atoms with Gasteiger partial charge in [-0.25, -0.2) is 0 Å². The summed E-state index contributed by atoms with van der Waals surface area (Å²) in [5.41, 5.74) is 1.12. The van der Waals surface area contributed by atoms with E-state index in [9.17, 15) is 14.7 Å². The summed E-state index contributed by atoms with van der Waals surface area (Å²) >= 11 is 0. The topological polar surface area (TPSA) is 66.4 Å². The smallest absolute Gasteiger partial charge is 0.262 e. The number of amides is 2. The normalized spacial score (nSPS) is 13.8. The molecule has 2 amide bonds. The van der Waals surface area contributed by atoms with Crippen molar-refractivity contribution in [2.75, 3.05) is 0 Å². The first-order valence-corrected chi connectivity index (χ1v) is 5.35. The molecule has 0 aliphatic carbocycles. The summed E-state index contributed by atoms with van der Waals surface area (Å²) in [6.45, 7) is 2.06. The first kappa shape index (κ1) is 10.7. The zero-order valence-electron chi connectivity index (χ0n) is 9.04. The Morgan fingerprint density at radius 2 is 2.00 bits per heavy atom. The molecular formula is C12H13NO3. The Kier molecular flexibility index (Phi) is 2.64. The van der Waals surface area contributed by atoms with Gasteiger partial charge in [-0.05, 0) is 24.5 Å². The molecule has 0 bridgehead atoms. The van der Waals surface area contributed by atoms with Gasteiger partial charge in [-0.15, -0.1) is 0 Å². The van der Waals surface area contributed by atoms with Gasteiger partial charge in [0, 0.05) is 0 Å². The van der Waals surface area contributed by atoms with Gasteiger partial charge < -0.3 is 5.11 Å². The van der Waals surface area contributed by atoms with E-state index in [-0.39, 0.29) is 16.9 Å². The number of unbranched alkanes of at least 4 members (excludes halogenated alkanes) is 1. The number of fused-ring (bicyclic) bond motifs is 1. The molecule has 0 unspecified atom stereocenters. The molecule has 1 aliphatic rings. The van der Waals surface area contributed by atoms with Crippen LogP contribution in [0.25, 0.3) is 0 Å². The number of imide groups is 1. The summed E-state index contributed by atoms with van der Waals surface area (Å²) in [7, 11) is 0. The average molecular weight is 219 g/mol. The third-order valence-electron chi connectivity index (χ3n) is 2.76. The molecule has 1 aromatic rings. The first-order valence-electron chi connectivity index (χ1n) is 5.35. The van der Waals surface area contributed by atoms with Crippen molar-refractivity contribution < 1.29 is 14.7 Å². The molecule has 0 aromatic heterocycles. The molecule has 0 atom stereocenters.